The van der Waals surface area contributed by atoms with Crippen molar-refractivity contribution in [2.45, 2.75) is 104 Å². The monoisotopic (exact) mass is 324 g/mol. The smallest absolute Gasteiger partial charge is 0.327 e. The van der Waals surface area contributed by atoms with E-state index in [1.54, 1.807) is 6.08 Å². The minimum atomic E-state index is -0.834. The Kier molecular flexibility index (Phi) is 15.5. The lowest BCUT2D eigenvalue weighted by Gasteiger charge is -2.11. The van der Waals surface area contributed by atoms with E-state index in [0.29, 0.717) is 0 Å². The Bertz CT molecular complexity index is 294. The van der Waals surface area contributed by atoms with Gasteiger partial charge in [-0.3, -0.25) is 0 Å². The highest BCUT2D eigenvalue weighted by atomic mass is 16.4. The van der Waals surface area contributed by atoms with Gasteiger partial charge in [-0.05, 0) is 24.7 Å². The molecule has 0 saturated heterocycles. The number of hydrogen-bond donors (Lipinski definition) is 1. The molecule has 0 aliphatic carbocycles. The Morgan fingerprint density at radius 3 is 1.83 bits per heavy atom. The van der Waals surface area contributed by atoms with Gasteiger partial charge in [-0.2, -0.15) is 0 Å². The fourth-order valence-electron chi connectivity index (χ4n) is 3.01. The highest BCUT2D eigenvalue weighted by molar-refractivity contribution is 5.79. The molecular formula is C21H40O2. The molecule has 0 aliphatic heterocycles. The normalized spacial score (nSPS) is 13.0. The first-order chi connectivity index (χ1) is 11.0. The van der Waals surface area contributed by atoms with Gasteiger partial charge in [0.25, 0.3) is 0 Å². The van der Waals surface area contributed by atoms with Crippen LogP contribution in [0, 0.1) is 11.8 Å². The van der Waals surface area contributed by atoms with Crippen molar-refractivity contribution in [3.63, 3.8) is 0 Å². The molecule has 0 saturated carbocycles. The standard InChI is InChI=1S/C21H40O2/c1-19(2)15-11-10-13-17-20(3)16-12-8-6-4-5-7-9-14-18-21(22)23/h14,18-20H,4-13,15-17H2,1-3H3,(H,22,23). The molecule has 1 atom stereocenters. The molecule has 136 valence electrons. The summed E-state index contributed by atoms with van der Waals surface area (Å²) in [6, 6.07) is 0. The van der Waals surface area contributed by atoms with Crippen molar-refractivity contribution in [2.24, 2.45) is 11.8 Å². The predicted molar refractivity (Wildman–Crippen MR) is 101 cm³/mol. The Morgan fingerprint density at radius 1 is 0.783 bits per heavy atom. The summed E-state index contributed by atoms with van der Waals surface area (Å²) in [6.07, 6.45) is 20.1. The van der Waals surface area contributed by atoms with Gasteiger partial charge < -0.3 is 5.11 Å². The lowest BCUT2D eigenvalue weighted by atomic mass is 9.95. The summed E-state index contributed by atoms with van der Waals surface area (Å²) in [5.74, 6) is 0.926. The summed E-state index contributed by atoms with van der Waals surface area (Å²) in [5, 5.41) is 8.47. The summed E-state index contributed by atoms with van der Waals surface area (Å²) in [5.41, 5.74) is 0. The minimum Gasteiger partial charge on any atom is -0.478 e. The Hall–Kier alpha value is -0.790. The number of aliphatic carboxylic acids is 1. The van der Waals surface area contributed by atoms with E-state index in [4.69, 9.17) is 5.11 Å². The largest absolute Gasteiger partial charge is 0.478 e. The minimum absolute atomic E-state index is 0.834. The van der Waals surface area contributed by atoms with Gasteiger partial charge in [0.2, 0.25) is 0 Å². The van der Waals surface area contributed by atoms with Crippen LogP contribution in [0.3, 0.4) is 0 Å². The summed E-state index contributed by atoms with van der Waals surface area (Å²) in [7, 11) is 0. The third kappa shape index (κ3) is 19.2. The number of hydrogen-bond acceptors (Lipinski definition) is 1. The molecule has 2 heteroatoms. The van der Waals surface area contributed by atoms with Crippen LogP contribution in [0.25, 0.3) is 0 Å². The average Bonchev–Trinajstić information content (AvgIpc) is 2.48. The van der Waals surface area contributed by atoms with Gasteiger partial charge in [-0.15, -0.1) is 0 Å². The fourth-order valence-corrected chi connectivity index (χ4v) is 3.01. The number of carboxylic acids is 1. The zero-order valence-corrected chi connectivity index (χ0v) is 15.9. The maximum Gasteiger partial charge on any atom is 0.327 e. The first-order valence-corrected chi connectivity index (χ1v) is 9.91. The van der Waals surface area contributed by atoms with Crippen LogP contribution in [-0.2, 0) is 4.79 Å². The highest BCUT2D eigenvalue weighted by Crippen LogP contribution is 2.18. The van der Waals surface area contributed by atoms with Gasteiger partial charge in [0.05, 0.1) is 0 Å². The molecular weight excluding hydrogens is 284 g/mol. The molecule has 0 fully saturated rings. The van der Waals surface area contributed by atoms with Crippen LogP contribution in [0.15, 0.2) is 12.2 Å². The second kappa shape index (κ2) is 16.1. The van der Waals surface area contributed by atoms with Crippen molar-refractivity contribution in [1.82, 2.24) is 0 Å². The molecule has 23 heavy (non-hydrogen) atoms. The lowest BCUT2D eigenvalue weighted by Crippen LogP contribution is -1.95. The van der Waals surface area contributed by atoms with Crippen molar-refractivity contribution in [3.8, 4) is 0 Å². The molecule has 0 heterocycles. The van der Waals surface area contributed by atoms with Crippen LogP contribution >= 0.6 is 0 Å². The topological polar surface area (TPSA) is 37.3 Å². The number of carboxylic acid groups (broad SMARTS) is 1. The molecule has 0 aromatic rings. The van der Waals surface area contributed by atoms with Crippen molar-refractivity contribution in [3.05, 3.63) is 12.2 Å². The molecule has 0 amide bonds. The molecule has 0 aromatic heterocycles. The van der Waals surface area contributed by atoms with Crippen molar-refractivity contribution < 1.29 is 9.90 Å². The van der Waals surface area contributed by atoms with E-state index in [9.17, 15) is 4.79 Å². The van der Waals surface area contributed by atoms with E-state index in [1.165, 1.54) is 76.7 Å². The Balaban J connectivity index is 3.23. The maximum atomic E-state index is 10.3. The van der Waals surface area contributed by atoms with Gasteiger partial charge in [0.1, 0.15) is 0 Å². The first-order valence-electron chi connectivity index (χ1n) is 9.91. The molecule has 1 unspecified atom stereocenters. The summed E-state index contributed by atoms with van der Waals surface area (Å²) in [4.78, 5) is 10.3. The van der Waals surface area contributed by atoms with Gasteiger partial charge in [-0.25, -0.2) is 4.79 Å². The molecule has 0 spiro atoms. The van der Waals surface area contributed by atoms with Crippen LogP contribution < -0.4 is 0 Å². The van der Waals surface area contributed by atoms with Crippen LogP contribution in [0.4, 0.5) is 0 Å². The van der Waals surface area contributed by atoms with E-state index in [2.05, 4.69) is 20.8 Å². The SMILES string of the molecule is CC(C)CCCCCC(C)CCCCCCCCC=CC(=O)O. The van der Waals surface area contributed by atoms with Gasteiger partial charge in [0, 0.05) is 6.08 Å². The average molecular weight is 325 g/mol. The third-order valence-corrected chi connectivity index (χ3v) is 4.56. The zero-order chi connectivity index (χ0) is 17.3. The number of unbranched alkanes of at least 4 members (excludes halogenated alkanes) is 8. The number of allylic oxidation sites excluding steroid dienone is 1. The predicted octanol–water partition coefficient (Wildman–Crippen LogP) is 6.99. The van der Waals surface area contributed by atoms with Crippen LogP contribution in [0.2, 0.25) is 0 Å². The van der Waals surface area contributed by atoms with Crippen LogP contribution in [-0.4, -0.2) is 11.1 Å². The van der Waals surface area contributed by atoms with Crippen LogP contribution in [0.5, 0.6) is 0 Å². The number of carbonyl (C=O) groups is 1. The highest BCUT2D eigenvalue weighted by Gasteiger charge is 2.02. The van der Waals surface area contributed by atoms with Crippen LogP contribution in [0.1, 0.15) is 104 Å². The van der Waals surface area contributed by atoms with E-state index >= 15 is 0 Å². The molecule has 0 bridgehead atoms. The summed E-state index contributed by atoms with van der Waals surface area (Å²) < 4.78 is 0. The zero-order valence-electron chi connectivity index (χ0n) is 15.9. The summed E-state index contributed by atoms with van der Waals surface area (Å²) >= 11 is 0. The lowest BCUT2D eigenvalue weighted by molar-refractivity contribution is -0.131. The second-order valence-electron chi connectivity index (χ2n) is 7.58. The van der Waals surface area contributed by atoms with E-state index in [0.717, 1.165) is 24.7 Å². The second-order valence-corrected chi connectivity index (χ2v) is 7.58. The van der Waals surface area contributed by atoms with E-state index in [-0.39, 0.29) is 0 Å². The van der Waals surface area contributed by atoms with Gasteiger partial charge >= 0.3 is 5.97 Å². The quantitative estimate of drug-likeness (QED) is 0.245. The van der Waals surface area contributed by atoms with E-state index in [1.807, 2.05) is 0 Å². The van der Waals surface area contributed by atoms with Crippen molar-refractivity contribution >= 4 is 5.97 Å². The fraction of sp³-hybridized carbons (Fsp3) is 0.857. The third-order valence-electron chi connectivity index (χ3n) is 4.56. The molecule has 0 radical (unpaired) electrons. The molecule has 0 rings (SSSR count). The van der Waals surface area contributed by atoms with Crippen molar-refractivity contribution in [1.29, 1.82) is 0 Å². The Morgan fingerprint density at radius 2 is 1.26 bits per heavy atom. The Labute approximate surface area is 144 Å². The first kappa shape index (κ1) is 22.2. The maximum absolute atomic E-state index is 10.3. The van der Waals surface area contributed by atoms with E-state index < -0.39 is 5.97 Å². The van der Waals surface area contributed by atoms with Gasteiger partial charge in [0.15, 0.2) is 0 Å². The summed E-state index contributed by atoms with van der Waals surface area (Å²) in [6.45, 7) is 7.04. The number of rotatable bonds is 16. The van der Waals surface area contributed by atoms with Gasteiger partial charge in [-0.1, -0.05) is 97.5 Å². The van der Waals surface area contributed by atoms with Crippen molar-refractivity contribution in [2.75, 3.05) is 0 Å². The molecule has 1 N–H and O–H groups in total. The molecule has 0 aromatic carbocycles. The molecule has 0 aliphatic rings. The molecule has 2 nitrogen and oxygen atoms in total.